The van der Waals surface area contributed by atoms with Gasteiger partial charge in [-0.05, 0) is 43.9 Å². The topological polar surface area (TPSA) is 75.4 Å². The van der Waals surface area contributed by atoms with Crippen LogP contribution in [-0.4, -0.2) is 42.4 Å². The van der Waals surface area contributed by atoms with Crippen LogP contribution in [0, 0.1) is 17.8 Å². The Kier molecular flexibility index (Phi) is 5.62. The molecular formula is C16H29N3O2. The maximum Gasteiger partial charge on any atom is 0.239 e. The quantitative estimate of drug-likeness (QED) is 0.739. The predicted molar refractivity (Wildman–Crippen MR) is 82.5 cm³/mol. The summed E-state index contributed by atoms with van der Waals surface area (Å²) in [6.45, 7) is 5.53. The van der Waals surface area contributed by atoms with Gasteiger partial charge in [0.05, 0.1) is 12.5 Å². The van der Waals surface area contributed by atoms with Crippen molar-refractivity contribution >= 4 is 11.8 Å². The van der Waals surface area contributed by atoms with Gasteiger partial charge in [-0.3, -0.25) is 9.59 Å². The molecule has 5 heteroatoms. The molecular weight excluding hydrogens is 266 g/mol. The summed E-state index contributed by atoms with van der Waals surface area (Å²) >= 11 is 0. The molecule has 0 heterocycles. The number of carbonyl (C=O) groups excluding carboxylic acids is 2. The van der Waals surface area contributed by atoms with Crippen molar-refractivity contribution in [2.45, 2.75) is 52.0 Å². The fraction of sp³-hybridized carbons (Fsp3) is 0.875. The van der Waals surface area contributed by atoms with E-state index in [4.69, 9.17) is 5.73 Å². The van der Waals surface area contributed by atoms with E-state index in [1.54, 1.807) is 4.90 Å². The van der Waals surface area contributed by atoms with Gasteiger partial charge in [-0.1, -0.05) is 13.8 Å². The summed E-state index contributed by atoms with van der Waals surface area (Å²) in [5.74, 6) is 0.935. The van der Waals surface area contributed by atoms with Crippen LogP contribution in [0.5, 0.6) is 0 Å². The highest BCUT2D eigenvalue weighted by atomic mass is 16.2. The van der Waals surface area contributed by atoms with Crippen LogP contribution < -0.4 is 11.1 Å². The number of nitrogens with one attached hydrogen (secondary N) is 1. The molecule has 2 saturated carbocycles. The minimum atomic E-state index is -0.0609. The number of hydrogen-bond donors (Lipinski definition) is 2. The van der Waals surface area contributed by atoms with Crippen molar-refractivity contribution < 1.29 is 9.59 Å². The maximum absolute atomic E-state index is 12.8. The first-order valence-corrected chi connectivity index (χ1v) is 8.39. The molecule has 2 bridgehead atoms. The van der Waals surface area contributed by atoms with E-state index in [1.165, 1.54) is 6.42 Å². The van der Waals surface area contributed by atoms with Gasteiger partial charge >= 0.3 is 0 Å². The number of hydrogen-bond acceptors (Lipinski definition) is 3. The van der Waals surface area contributed by atoms with Gasteiger partial charge in [-0.2, -0.15) is 0 Å². The van der Waals surface area contributed by atoms with Crippen LogP contribution in [0.4, 0.5) is 0 Å². The standard InChI is InChI=1S/C16H29N3O2/c1-3-7-18-13(20)10-19(8-4-2)16(21)14-11-5-6-12(9-11)15(14)17/h11-12,14-15H,3-10,17H2,1-2H3,(H,18,20). The minimum Gasteiger partial charge on any atom is -0.355 e. The molecule has 2 aliphatic carbocycles. The molecule has 0 aromatic carbocycles. The highest BCUT2D eigenvalue weighted by Crippen LogP contribution is 2.48. The summed E-state index contributed by atoms with van der Waals surface area (Å²) in [7, 11) is 0. The Hall–Kier alpha value is -1.10. The normalized spacial score (nSPS) is 30.4. The molecule has 3 N–H and O–H groups in total. The third-order valence-electron chi connectivity index (χ3n) is 4.98. The fourth-order valence-electron chi connectivity index (χ4n) is 3.94. The van der Waals surface area contributed by atoms with Gasteiger partial charge in [0, 0.05) is 19.1 Å². The molecule has 0 aromatic heterocycles. The first-order chi connectivity index (χ1) is 10.1. The average Bonchev–Trinajstić information content (AvgIpc) is 3.05. The zero-order valence-electron chi connectivity index (χ0n) is 13.3. The van der Waals surface area contributed by atoms with Crippen LogP contribution in [0.3, 0.4) is 0 Å². The zero-order chi connectivity index (χ0) is 15.4. The lowest BCUT2D eigenvalue weighted by atomic mass is 9.84. The molecule has 0 aromatic rings. The molecule has 2 amide bonds. The van der Waals surface area contributed by atoms with E-state index < -0.39 is 0 Å². The Labute approximate surface area is 127 Å². The van der Waals surface area contributed by atoms with Gasteiger partial charge in [0.2, 0.25) is 11.8 Å². The summed E-state index contributed by atoms with van der Waals surface area (Å²) in [4.78, 5) is 26.4. The number of amides is 2. The molecule has 2 aliphatic rings. The van der Waals surface area contributed by atoms with E-state index in [0.717, 1.165) is 25.7 Å². The summed E-state index contributed by atoms with van der Waals surface area (Å²) < 4.78 is 0. The van der Waals surface area contributed by atoms with Crippen molar-refractivity contribution in [3.63, 3.8) is 0 Å². The number of carbonyl (C=O) groups is 2. The molecule has 120 valence electrons. The third kappa shape index (κ3) is 3.57. The first kappa shape index (κ1) is 16.3. The van der Waals surface area contributed by atoms with Crippen LogP contribution in [-0.2, 0) is 9.59 Å². The lowest BCUT2D eigenvalue weighted by molar-refractivity contribution is -0.141. The fourth-order valence-corrected chi connectivity index (χ4v) is 3.94. The molecule has 5 nitrogen and oxygen atoms in total. The summed E-state index contributed by atoms with van der Waals surface area (Å²) in [5.41, 5.74) is 6.26. The van der Waals surface area contributed by atoms with E-state index in [2.05, 4.69) is 5.32 Å². The van der Waals surface area contributed by atoms with Crippen molar-refractivity contribution in [3.8, 4) is 0 Å². The SMILES string of the molecule is CCCNC(=O)CN(CCC)C(=O)C1C2CCC(C2)C1N. The van der Waals surface area contributed by atoms with E-state index in [1.807, 2.05) is 13.8 Å². The Morgan fingerprint density at radius 2 is 1.90 bits per heavy atom. The number of nitrogens with two attached hydrogens (primary N) is 1. The summed E-state index contributed by atoms with van der Waals surface area (Å²) in [6.07, 6.45) is 5.16. The number of nitrogens with zero attached hydrogens (tertiary/aromatic N) is 1. The Balaban J connectivity index is 1.97. The third-order valence-corrected chi connectivity index (χ3v) is 4.98. The van der Waals surface area contributed by atoms with Gasteiger partial charge in [-0.15, -0.1) is 0 Å². The minimum absolute atomic E-state index is 0.00527. The second-order valence-electron chi connectivity index (χ2n) is 6.55. The molecule has 2 fully saturated rings. The van der Waals surface area contributed by atoms with Gasteiger partial charge in [0.1, 0.15) is 0 Å². The first-order valence-electron chi connectivity index (χ1n) is 8.39. The Morgan fingerprint density at radius 3 is 2.48 bits per heavy atom. The highest BCUT2D eigenvalue weighted by Gasteiger charge is 2.50. The van der Waals surface area contributed by atoms with Crippen LogP contribution in [0.15, 0.2) is 0 Å². The largest absolute Gasteiger partial charge is 0.355 e. The second-order valence-corrected chi connectivity index (χ2v) is 6.55. The summed E-state index contributed by atoms with van der Waals surface area (Å²) in [6, 6.07) is -0.00527. The lowest BCUT2D eigenvalue weighted by Gasteiger charge is -2.32. The smallest absolute Gasteiger partial charge is 0.239 e. The van der Waals surface area contributed by atoms with Gasteiger partial charge in [0.25, 0.3) is 0 Å². The van der Waals surface area contributed by atoms with E-state index >= 15 is 0 Å². The van der Waals surface area contributed by atoms with Crippen LogP contribution in [0.1, 0.15) is 46.0 Å². The second kappa shape index (κ2) is 7.25. The molecule has 0 saturated heterocycles. The molecule has 0 radical (unpaired) electrons. The van der Waals surface area contributed by atoms with Crippen molar-refractivity contribution in [2.75, 3.05) is 19.6 Å². The average molecular weight is 295 g/mol. The Morgan fingerprint density at radius 1 is 1.19 bits per heavy atom. The molecule has 0 aliphatic heterocycles. The lowest BCUT2D eigenvalue weighted by Crippen LogP contribution is -2.50. The number of rotatable bonds is 7. The Bertz CT molecular complexity index is 384. The van der Waals surface area contributed by atoms with Crippen molar-refractivity contribution in [3.05, 3.63) is 0 Å². The molecule has 0 spiro atoms. The van der Waals surface area contributed by atoms with E-state index in [0.29, 0.717) is 24.9 Å². The van der Waals surface area contributed by atoms with Crippen LogP contribution >= 0.6 is 0 Å². The zero-order valence-corrected chi connectivity index (χ0v) is 13.3. The van der Waals surface area contributed by atoms with Gasteiger partial charge in [0.15, 0.2) is 0 Å². The van der Waals surface area contributed by atoms with E-state index in [-0.39, 0.29) is 30.3 Å². The highest BCUT2D eigenvalue weighted by molar-refractivity contribution is 5.86. The van der Waals surface area contributed by atoms with Gasteiger partial charge < -0.3 is 16.0 Å². The summed E-state index contributed by atoms with van der Waals surface area (Å²) in [5, 5.41) is 2.85. The van der Waals surface area contributed by atoms with Crippen LogP contribution in [0.2, 0.25) is 0 Å². The van der Waals surface area contributed by atoms with Crippen molar-refractivity contribution in [1.29, 1.82) is 0 Å². The van der Waals surface area contributed by atoms with Gasteiger partial charge in [-0.25, -0.2) is 0 Å². The van der Waals surface area contributed by atoms with E-state index in [9.17, 15) is 9.59 Å². The monoisotopic (exact) mass is 295 g/mol. The molecule has 4 unspecified atom stereocenters. The maximum atomic E-state index is 12.8. The molecule has 2 rings (SSSR count). The van der Waals surface area contributed by atoms with Crippen molar-refractivity contribution in [1.82, 2.24) is 10.2 Å². The van der Waals surface area contributed by atoms with Crippen LogP contribution in [0.25, 0.3) is 0 Å². The molecule has 21 heavy (non-hydrogen) atoms. The number of fused-ring (bicyclic) bond motifs is 2. The predicted octanol–water partition coefficient (Wildman–Crippen LogP) is 1.12. The molecule has 4 atom stereocenters. The van der Waals surface area contributed by atoms with Crippen molar-refractivity contribution in [2.24, 2.45) is 23.5 Å².